The molecule has 1 heterocycles. The van der Waals surface area contributed by atoms with Crippen molar-refractivity contribution in [2.75, 3.05) is 13.2 Å². The van der Waals surface area contributed by atoms with Crippen LogP contribution in [0.2, 0.25) is 0 Å². The summed E-state index contributed by atoms with van der Waals surface area (Å²) >= 11 is 0. The fraction of sp³-hybridized carbons (Fsp3) is 0.500. The molecule has 1 aromatic rings. The minimum atomic E-state index is -1.02. The van der Waals surface area contributed by atoms with E-state index in [0.29, 0.717) is 18.8 Å². The molecule has 0 aliphatic carbocycles. The van der Waals surface area contributed by atoms with E-state index in [1.54, 1.807) is 12.1 Å². The Balaban J connectivity index is 2.78. The molecule has 17 heavy (non-hydrogen) atoms. The van der Waals surface area contributed by atoms with E-state index in [1.807, 2.05) is 18.7 Å². The Labute approximate surface area is 101 Å². The van der Waals surface area contributed by atoms with E-state index in [0.717, 1.165) is 0 Å². The molecule has 0 atom stereocenters. The molecule has 0 radical (unpaired) electrons. The second kappa shape index (κ2) is 6.32. The summed E-state index contributed by atoms with van der Waals surface area (Å²) in [5, 5.41) is 17.8. The summed E-state index contributed by atoms with van der Waals surface area (Å²) in [6.45, 7) is 5.22. The summed E-state index contributed by atoms with van der Waals surface area (Å²) in [4.78, 5) is 16.9. The van der Waals surface area contributed by atoms with Crippen LogP contribution >= 0.6 is 0 Å². The molecule has 2 N–H and O–H groups in total. The van der Waals surface area contributed by atoms with Crippen LogP contribution < -0.4 is 0 Å². The predicted octanol–water partition coefficient (Wildman–Crippen LogP) is 0.983. The van der Waals surface area contributed by atoms with E-state index in [1.165, 1.54) is 6.07 Å². The lowest BCUT2D eigenvalue weighted by atomic mass is 10.2. The summed E-state index contributed by atoms with van der Waals surface area (Å²) < 4.78 is 0. The Morgan fingerprint density at radius 3 is 2.71 bits per heavy atom. The number of aliphatic hydroxyl groups is 1. The number of pyridine rings is 1. The second-order valence-electron chi connectivity index (χ2n) is 4.11. The van der Waals surface area contributed by atoms with Gasteiger partial charge in [-0.3, -0.25) is 4.90 Å². The monoisotopic (exact) mass is 238 g/mol. The lowest BCUT2D eigenvalue weighted by Crippen LogP contribution is -2.33. The number of hydrogen-bond acceptors (Lipinski definition) is 4. The summed E-state index contributed by atoms with van der Waals surface area (Å²) in [5.74, 6) is -1.02. The Bertz CT molecular complexity index is 380. The van der Waals surface area contributed by atoms with Crippen molar-refractivity contribution in [1.29, 1.82) is 0 Å². The van der Waals surface area contributed by atoms with E-state index < -0.39 is 5.97 Å². The van der Waals surface area contributed by atoms with Crippen LogP contribution in [-0.2, 0) is 6.54 Å². The highest BCUT2D eigenvalue weighted by atomic mass is 16.4. The number of hydrogen-bond donors (Lipinski definition) is 2. The molecular weight excluding hydrogens is 220 g/mol. The zero-order chi connectivity index (χ0) is 12.8. The number of aliphatic hydroxyl groups excluding tert-OH is 1. The first-order chi connectivity index (χ1) is 8.04. The highest BCUT2D eigenvalue weighted by molar-refractivity contribution is 5.85. The molecule has 1 rings (SSSR count). The average molecular weight is 238 g/mol. The molecule has 0 spiro atoms. The van der Waals surface area contributed by atoms with Crippen LogP contribution in [0.4, 0.5) is 0 Å². The fourth-order valence-corrected chi connectivity index (χ4v) is 1.54. The van der Waals surface area contributed by atoms with E-state index in [-0.39, 0.29) is 18.3 Å². The van der Waals surface area contributed by atoms with Crippen LogP contribution in [0, 0.1) is 0 Å². The molecule has 5 heteroatoms. The van der Waals surface area contributed by atoms with E-state index in [4.69, 9.17) is 10.2 Å². The van der Waals surface area contributed by atoms with Crippen LogP contribution in [-0.4, -0.2) is 45.3 Å². The molecule has 0 amide bonds. The standard InChI is InChI=1S/C12H18N2O3/c1-9(2)14(6-7-15)8-10-4-3-5-11(13-10)12(16)17/h3-5,9,15H,6-8H2,1-2H3,(H,16,17). The zero-order valence-electron chi connectivity index (χ0n) is 10.1. The Kier molecular flexibility index (Phi) is 5.06. The molecule has 0 aliphatic rings. The minimum absolute atomic E-state index is 0.0511. The van der Waals surface area contributed by atoms with Crippen molar-refractivity contribution >= 4 is 5.97 Å². The number of carboxylic acids is 1. The fourth-order valence-electron chi connectivity index (χ4n) is 1.54. The number of rotatable bonds is 6. The minimum Gasteiger partial charge on any atom is -0.477 e. The maximum Gasteiger partial charge on any atom is 0.354 e. The molecule has 0 fully saturated rings. The summed E-state index contributed by atoms with van der Waals surface area (Å²) in [6.07, 6.45) is 0. The molecule has 0 aliphatic heterocycles. The van der Waals surface area contributed by atoms with Crippen LogP contribution in [0.15, 0.2) is 18.2 Å². The average Bonchev–Trinajstić information content (AvgIpc) is 2.28. The van der Waals surface area contributed by atoms with Gasteiger partial charge in [0.15, 0.2) is 0 Å². The van der Waals surface area contributed by atoms with E-state index in [9.17, 15) is 4.79 Å². The van der Waals surface area contributed by atoms with Crippen molar-refractivity contribution in [2.24, 2.45) is 0 Å². The first kappa shape index (κ1) is 13.6. The largest absolute Gasteiger partial charge is 0.477 e. The van der Waals surface area contributed by atoms with E-state index in [2.05, 4.69) is 4.98 Å². The van der Waals surface area contributed by atoms with Crippen molar-refractivity contribution in [1.82, 2.24) is 9.88 Å². The van der Waals surface area contributed by atoms with Gasteiger partial charge in [0.05, 0.1) is 12.3 Å². The molecule has 0 aromatic carbocycles. The van der Waals surface area contributed by atoms with Crippen molar-refractivity contribution in [3.8, 4) is 0 Å². The van der Waals surface area contributed by atoms with Crippen LogP contribution in [0.5, 0.6) is 0 Å². The van der Waals surface area contributed by atoms with Crippen molar-refractivity contribution in [3.05, 3.63) is 29.6 Å². The van der Waals surface area contributed by atoms with Crippen LogP contribution in [0.3, 0.4) is 0 Å². The van der Waals surface area contributed by atoms with Gasteiger partial charge in [-0.2, -0.15) is 0 Å². The normalized spacial score (nSPS) is 11.1. The van der Waals surface area contributed by atoms with Crippen molar-refractivity contribution < 1.29 is 15.0 Å². The number of aromatic nitrogens is 1. The molecule has 94 valence electrons. The van der Waals surface area contributed by atoms with Gasteiger partial charge in [0.2, 0.25) is 0 Å². The number of nitrogens with zero attached hydrogens (tertiary/aromatic N) is 2. The predicted molar refractivity (Wildman–Crippen MR) is 63.8 cm³/mol. The summed E-state index contributed by atoms with van der Waals surface area (Å²) in [7, 11) is 0. The topological polar surface area (TPSA) is 73.7 Å². The first-order valence-electron chi connectivity index (χ1n) is 5.58. The van der Waals surface area contributed by atoms with Gasteiger partial charge in [-0.25, -0.2) is 9.78 Å². The number of carboxylic acid groups (broad SMARTS) is 1. The SMILES string of the molecule is CC(C)N(CCO)Cc1cccc(C(=O)O)n1. The highest BCUT2D eigenvalue weighted by Crippen LogP contribution is 2.07. The molecule has 0 saturated heterocycles. The lowest BCUT2D eigenvalue weighted by Gasteiger charge is -2.25. The molecular formula is C12H18N2O3. The molecule has 1 aromatic heterocycles. The van der Waals surface area contributed by atoms with Gasteiger partial charge < -0.3 is 10.2 Å². The second-order valence-corrected chi connectivity index (χ2v) is 4.11. The quantitative estimate of drug-likeness (QED) is 0.773. The highest BCUT2D eigenvalue weighted by Gasteiger charge is 2.11. The van der Waals surface area contributed by atoms with Crippen molar-refractivity contribution in [3.63, 3.8) is 0 Å². The zero-order valence-corrected chi connectivity index (χ0v) is 10.1. The Morgan fingerprint density at radius 2 is 2.18 bits per heavy atom. The maximum atomic E-state index is 10.8. The van der Waals surface area contributed by atoms with Crippen LogP contribution in [0.25, 0.3) is 0 Å². The van der Waals surface area contributed by atoms with Gasteiger partial charge in [-0.05, 0) is 26.0 Å². The van der Waals surface area contributed by atoms with Gasteiger partial charge >= 0.3 is 5.97 Å². The van der Waals surface area contributed by atoms with Gasteiger partial charge in [0.1, 0.15) is 5.69 Å². The number of carbonyl (C=O) groups is 1. The summed E-state index contributed by atoms with van der Waals surface area (Å²) in [6, 6.07) is 5.22. The Morgan fingerprint density at radius 1 is 1.47 bits per heavy atom. The molecule has 0 saturated carbocycles. The smallest absolute Gasteiger partial charge is 0.354 e. The maximum absolute atomic E-state index is 10.8. The van der Waals surface area contributed by atoms with E-state index >= 15 is 0 Å². The Hall–Kier alpha value is -1.46. The molecule has 0 bridgehead atoms. The molecule has 5 nitrogen and oxygen atoms in total. The summed E-state index contributed by atoms with van der Waals surface area (Å²) in [5.41, 5.74) is 0.752. The number of aromatic carboxylic acids is 1. The third-order valence-electron chi connectivity index (χ3n) is 2.51. The first-order valence-corrected chi connectivity index (χ1v) is 5.58. The van der Waals surface area contributed by atoms with Gasteiger partial charge in [0, 0.05) is 19.1 Å². The lowest BCUT2D eigenvalue weighted by molar-refractivity contribution is 0.0689. The van der Waals surface area contributed by atoms with Crippen LogP contribution in [0.1, 0.15) is 30.0 Å². The van der Waals surface area contributed by atoms with Gasteiger partial charge in [-0.15, -0.1) is 0 Å². The third kappa shape index (κ3) is 4.13. The van der Waals surface area contributed by atoms with Gasteiger partial charge in [-0.1, -0.05) is 6.07 Å². The van der Waals surface area contributed by atoms with Gasteiger partial charge in [0.25, 0.3) is 0 Å². The van der Waals surface area contributed by atoms with Crippen molar-refractivity contribution in [2.45, 2.75) is 26.4 Å². The molecule has 0 unspecified atom stereocenters. The third-order valence-corrected chi connectivity index (χ3v) is 2.51.